The van der Waals surface area contributed by atoms with Gasteiger partial charge in [-0.15, -0.1) is 0 Å². The van der Waals surface area contributed by atoms with E-state index in [9.17, 15) is 4.79 Å². The lowest BCUT2D eigenvalue weighted by Crippen LogP contribution is -2.12. The van der Waals surface area contributed by atoms with Crippen LogP contribution in [0.2, 0.25) is 0 Å². The van der Waals surface area contributed by atoms with Crippen molar-refractivity contribution in [1.82, 2.24) is 0 Å². The maximum absolute atomic E-state index is 10.8. The maximum Gasteiger partial charge on any atom is 0.259 e. The molecule has 0 spiro atoms. The van der Waals surface area contributed by atoms with E-state index in [4.69, 9.17) is 20.5 Å². The standard InChI is InChI=1S/C11H8N2O3/c12-5-8(11(13)14)3-7-1-2-9-10(4-7)16-6-15-9/h1-4H,6H2,(H2,13,14). The Morgan fingerprint density at radius 3 is 2.88 bits per heavy atom. The van der Waals surface area contributed by atoms with Crippen LogP contribution < -0.4 is 15.2 Å². The number of ether oxygens (including phenoxy) is 2. The number of hydrogen-bond acceptors (Lipinski definition) is 4. The monoisotopic (exact) mass is 216 g/mol. The Balaban J connectivity index is 2.36. The molecule has 2 N–H and O–H groups in total. The van der Waals surface area contributed by atoms with Crippen LogP contribution in [0.15, 0.2) is 23.8 Å². The Morgan fingerprint density at radius 2 is 2.19 bits per heavy atom. The van der Waals surface area contributed by atoms with Gasteiger partial charge in [0.05, 0.1) is 0 Å². The molecule has 1 amide bonds. The lowest BCUT2D eigenvalue weighted by Gasteiger charge is -1.98. The Labute approximate surface area is 91.7 Å². The number of benzene rings is 1. The van der Waals surface area contributed by atoms with Crippen molar-refractivity contribution in [2.75, 3.05) is 6.79 Å². The smallest absolute Gasteiger partial charge is 0.259 e. The number of primary amides is 1. The first-order chi connectivity index (χ1) is 7.70. The van der Waals surface area contributed by atoms with Gasteiger partial charge < -0.3 is 15.2 Å². The first-order valence-electron chi connectivity index (χ1n) is 4.52. The van der Waals surface area contributed by atoms with Gasteiger partial charge in [0.2, 0.25) is 6.79 Å². The van der Waals surface area contributed by atoms with Crippen molar-refractivity contribution >= 4 is 12.0 Å². The maximum atomic E-state index is 10.8. The third-order valence-corrected chi connectivity index (χ3v) is 2.09. The summed E-state index contributed by atoms with van der Waals surface area (Å²) in [5.41, 5.74) is 5.59. The van der Waals surface area contributed by atoms with E-state index in [1.54, 1.807) is 24.3 Å². The summed E-state index contributed by atoms with van der Waals surface area (Å²) in [7, 11) is 0. The summed E-state index contributed by atoms with van der Waals surface area (Å²) < 4.78 is 10.3. The number of nitrogens with two attached hydrogens (primary N) is 1. The van der Waals surface area contributed by atoms with Gasteiger partial charge >= 0.3 is 0 Å². The topological polar surface area (TPSA) is 85.3 Å². The van der Waals surface area contributed by atoms with E-state index in [0.29, 0.717) is 17.1 Å². The highest BCUT2D eigenvalue weighted by Crippen LogP contribution is 2.32. The number of nitriles is 1. The van der Waals surface area contributed by atoms with Gasteiger partial charge in [-0.2, -0.15) is 5.26 Å². The molecule has 1 aromatic rings. The normalized spacial score (nSPS) is 13.3. The van der Waals surface area contributed by atoms with Crippen LogP contribution in [-0.4, -0.2) is 12.7 Å². The zero-order chi connectivity index (χ0) is 11.5. The van der Waals surface area contributed by atoms with Crippen molar-refractivity contribution < 1.29 is 14.3 Å². The molecule has 1 aromatic carbocycles. The van der Waals surface area contributed by atoms with Crippen molar-refractivity contribution in [3.63, 3.8) is 0 Å². The number of amides is 1. The van der Waals surface area contributed by atoms with Gasteiger partial charge in [-0.05, 0) is 23.8 Å². The summed E-state index contributed by atoms with van der Waals surface area (Å²) in [5, 5.41) is 8.68. The summed E-state index contributed by atoms with van der Waals surface area (Å²) in [6.07, 6.45) is 1.41. The fourth-order valence-corrected chi connectivity index (χ4v) is 1.33. The second kappa shape index (κ2) is 3.95. The van der Waals surface area contributed by atoms with Gasteiger partial charge in [0.25, 0.3) is 5.91 Å². The van der Waals surface area contributed by atoms with Crippen LogP contribution >= 0.6 is 0 Å². The van der Waals surface area contributed by atoms with E-state index in [0.717, 1.165) is 0 Å². The molecule has 16 heavy (non-hydrogen) atoms. The molecule has 0 aromatic heterocycles. The SMILES string of the molecule is N#CC(=Cc1ccc2c(c1)OCO2)C(N)=O. The third-order valence-electron chi connectivity index (χ3n) is 2.09. The first-order valence-corrected chi connectivity index (χ1v) is 4.52. The van der Waals surface area contributed by atoms with E-state index in [1.165, 1.54) is 6.08 Å². The molecule has 5 nitrogen and oxygen atoms in total. The van der Waals surface area contributed by atoms with Crippen LogP contribution in [0.3, 0.4) is 0 Å². The van der Waals surface area contributed by atoms with E-state index in [1.807, 2.05) is 0 Å². The number of hydrogen-bond donors (Lipinski definition) is 1. The minimum atomic E-state index is -0.750. The number of carbonyl (C=O) groups excluding carboxylic acids is 1. The van der Waals surface area contributed by atoms with Crippen molar-refractivity contribution in [2.45, 2.75) is 0 Å². The van der Waals surface area contributed by atoms with Crippen LogP contribution in [-0.2, 0) is 4.79 Å². The van der Waals surface area contributed by atoms with Crippen LogP contribution in [0, 0.1) is 11.3 Å². The molecule has 0 saturated heterocycles. The summed E-state index contributed by atoms with van der Waals surface area (Å²) in [5.74, 6) is 0.491. The zero-order valence-corrected chi connectivity index (χ0v) is 8.27. The second-order valence-corrected chi connectivity index (χ2v) is 3.15. The average Bonchev–Trinajstić information content (AvgIpc) is 2.72. The number of nitrogens with zero attached hydrogens (tertiary/aromatic N) is 1. The predicted molar refractivity (Wildman–Crippen MR) is 55.3 cm³/mol. The molecular formula is C11H8N2O3. The van der Waals surface area contributed by atoms with E-state index >= 15 is 0 Å². The lowest BCUT2D eigenvalue weighted by atomic mass is 10.1. The van der Waals surface area contributed by atoms with Crippen molar-refractivity contribution in [3.05, 3.63) is 29.3 Å². The van der Waals surface area contributed by atoms with Crippen LogP contribution in [0.5, 0.6) is 11.5 Å². The Hall–Kier alpha value is -2.48. The fourth-order valence-electron chi connectivity index (χ4n) is 1.33. The van der Waals surface area contributed by atoms with Crippen LogP contribution in [0.4, 0.5) is 0 Å². The summed E-state index contributed by atoms with van der Waals surface area (Å²) in [4.78, 5) is 10.8. The van der Waals surface area contributed by atoms with Gasteiger partial charge in [-0.25, -0.2) is 0 Å². The molecule has 0 atom stereocenters. The Kier molecular flexibility index (Phi) is 2.48. The average molecular weight is 216 g/mol. The summed E-state index contributed by atoms with van der Waals surface area (Å²) in [6, 6.07) is 6.84. The molecule has 2 rings (SSSR count). The van der Waals surface area contributed by atoms with Gasteiger partial charge in [-0.3, -0.25) is 4.79 Å². The summed E-state index contributed by atoms with van der Waals surface area (Å²) >= 11 is 0. The molecule has 0 fully saturated rings. The van der Waals surface area contributed by atoms with E-state index < -0.39 is 5.91 Å². The van der Waals surface area contributed by atoms with Crippen LogP contribution in [0.1, 0.15) is 5.56 Å². The minimum absolute atomic E-state index is 0.0983. The highest BCUT2D eigenvalue weighted by Gasteiger charge is 2.13. The Morgan fingerprint density at radius 1 is 1.44 bits per heavy atom. The molecule has 5 heteroatoms. The molecule has 0 aliphatic carbocycles. The van der Waals surface area contributed by atoms with Gasteiger partial charge in [0.15, 0.2) is 11.5 Å². The van der Waals surface area contributed by atoms with E-state index in [2.05, 4.69) is 0 Å². The second-order valence-electron chi connectivity index (χ2n) is 3.15. The van der Waals surface area contributed by atoms with Crippen molar-refractivity contribution in [3.8, 4) is 17.6 Å². The molecule has 1 aliphatic heterocycles. The van der Waals surface area contributed by atoms with Gasteiger partial charge in [0, 0.05) is 0 Å². The molecule has 80 valence electrons. The molecule has 0 unspecified atom stereocenters. The quantitative estimate of drug-likeness (QED) is 0.585. The highest BCUT2D eigenvalue weighted by atomic mass is 16.7. The van der Waals surface area contributed by atoms with Crippen molar-refractivity contribution in [2.24, 2.45) is 5.73 Å². The molecule has 0 saturated carbocycles. The van der Waals surface area contributed by atoms with Gasteiger partial charge in [-0.1, -0.05) is 6.07 Å². The molecular weight excluding hydrogens is 208 g/mol. The largest absolute Gasteiger partial charge is 0.454 e. The van der Waals surface area contributed by atoms with Gasteiger partial charge in [0.1, 0.15) is 11.6 Å². The van der Waals surface area contributed by atoms with Crippen molar-refractivity contribution in [1.29, 1.82) is 5.26 Å². The zero-order valence-electron chi connectivity index (χ0n) is 8.27. The lowest BCUT2D eigenvalue weighted by molar-refractivity contribution is -0.114. The first kappa shape index (κ1) is 10.1. The Bertz CT molecular complexity index is 514. The third kappa shape index (κ3) is 1.81. The molecule has 1 aliphatic rings. The van der Waals surface area contributed by atoms with Crippen LogP contribution in [0.25, 0.3) is 6.08 Å². The molecule has 0 radical (unpaired) electrons. The van der Waals surface area contributed by atoms with E-state index in [-0.39, 0.29) is 12.4 Å². The molecule has 0 bridgehead atoms. The molecule has 1 heterocycles. The number of carbonyl (C=O) groups is 1. The summed E-state index contributed by atoms with van der Waals surface area (Å²) in [6.45, 7) is 0.184. The fraction of sp³-hybridized carbons (Fsp3) is 0.0909. The highest BCUT2D eigenvalue weighted by molar-refractivity contribution is 6.00. The number of rotatable bonds is 2. The predicted octanol–water partition coefficient (Wildman–Crippen LogP) is 0.808. The minimum Gasteiger partial charge on any atom is -0.454 e. The number of fused-ring (bicyclic) bond motifs is 1.